The van der Waals surface area contributed by atoms with Gasteiger partial charge in [-0.1, -0.05) is 0 Å². The van der Waals surface area contributed by atoms with Crippen molar-refractivity contribution >= 4 is 11.3 Å². The van der Waals surface area contributed by atoms with E-state index in [0.29, 0.717) is 0 Å². The van der Waals surface area contributed by atoms with Gasteiger partial charge in [0.2, 0.25) is 0 Å². The number of hydrogen-bond donors (Lipinski definition) is 1. The smallest absolute Gasteiger partial charge is 0.113 e. The summed E-state index contributed by atoms with van der Waals surface area (Å²) < 4.78 is 0. The third kappa shape index (κ3) is 1.08. The van der Waals surface area contributed by atoms with Gasteiger partial charge in [-0.05, 0) is 26.2 Å². The second kappa shape index (κ2) is 2.29. The molecule has 1 aromatic rings. The zero-order chi connectivity index (χ0) is 7.90. The van der Waals surface area contributed by atoms with Gasteiger partial charge in [-0.3, -0.25) is 0 Å². The Balaban J connectivity index is 2.28. The largest absolute Gasteiger partial charge is 0.319 e. The Labute approximate surface area is 70.5 Å². The van der Waals surface area contributed by atoms with Crippen LogP contribution in [0.3, 0.4) is 0 Å². The summed E-state index contributed by atoms with van der Waals surface area (Å²) in [6, 6.07) is 0. The van der Waals surface area contributed by atoms with E-state index in [1.807, 2.05) is 6.20 Å². The van der Waals surface area contributed by atoms with E-state index in [1.165, 1.54) is 11.3 Å². The van der Waals surface area contributed by atoms with Crippen molar-refractivity contribution in [2.75, 3.05) is 0 Å². The van der Waals surface area contributed by atoms with Gasteiger partial charge in [-0.25, -0.2) is 4.98 Å². The molecule has 1 heterocycles. The van der Waals surface area contributed by atoms with Gasteiger partial charge in [-0.2, -0.15) is 0 Å². The van der Waals surface area contributed by atoms with Gasteiger partial charge < -0.3 is 5.73 Å². The number of aryl methyl sites for hydroxylation is 1. The van der Waals surface area contributed by atoms with Crippen molar-refractivity contribution in [1.82, 2.24) is 4.98 Å². The highest BCUT2D eigenvalue weighted by Gasteiger charge is 2.36. The average Bonchev–Trinajstić information content (AvgIpc) is 2.31. The molecule has 0 aliphatic heterocycles. The number of nitrogens with zero attached hydrogens (tertiary/aromatic N) is 1. The first-order valence-electron chi connectivity index (χ1n) is 3.92. The van der Waals surface area contributed by atoms with E-state index in [2.05, 4.69) is 11.9 Å². The molecule has 1 fully saturated rings. The highest BCUT2D eigenvalue weighted by Crippen LogP contribution is 2.40. The molecule has 0 bridgehead atoms. The third-order valence-electron chi connectivity index (χ3n) is 2.29. The molecule has 60 valence electrons. The van der Waals surface area contributed by atoms with Crippen molar-refractivity contribution in [1.29, 1.82) is 0 Å². The minimum absolute atomic E-state index is 0.0566. The zero-order valence-corrected chi connectivity index (χ0v) is 7.45. The van der Waals surface area contributed by atoms with E-state index in [1.54, 1.807) is 11.3 Å². The molecule has 0 aromatic carbocycles. The normalized spacial score (nSPS) is 21.3. The molecule has 0 spiro atoms. The van der Waals surface area contributed by atoms with Crippen LogP contribution in [0.15, 0.2) is 6.20 Å². The van der Waals surface area contributed by atoms with Crippen molar-refractivity contribution in [3.8, 4) is 0 Å². The summed E-state index contributed by atoms with van der Waals surface area (Å²) in [5, 5.41) is 1.13. The number of nitrogens with two attached hydrogens (primary N) is 1. The second-order valence-electron chi connectivity index (χ2n) is 3.29. The lowest BCUT2D eigenvalue weighted by Crippen LogP contribution is -2.43. The lowest BCUT2D eigenvalue weighted by atomic mass is 9.78. The van der Waals surface area contributed by atoms with E-state index in [9.17, 15) is 0 Å². The summed E-state index contributed by atoms with van der Waals surface area (Å²) in [6.07, 6.45) is 5.39. The monoisotopic (exact) mass is 168 g/mol. The minimum atomic E-state index is -0.0566. The zero-order valence-electron chi connectivity index (χ0n) is 6.63. The predicted octanol–water partition coefficient (Wildman–Crippen LogP) is 1.79. The van der Waals surface area contributed by atoms with Crippen LogP contribution in [0.25, 0.3) is 0 Å². The highest BCUT2D eigenvalue weighted by atomic mass is 32.1. The SMILES string of the molecule is Cc1cnc(C2(N)CCC2)s1. The van der Waals surface area contributed by atoms with Gasteiger partial charge in [0.1, 0.15) is 5.01 Å². The van der Waals surface area contributed by atoms with Crippen LogP contribution in [-0.2, 0) is 5.54 Å². The lowest BCUT2D eigenvalue weighted by Gasteiger charge is -2.35. The van der Waals surface area contributed by atoms with E-state index in [0.717, 1.165) is 17.8 Å². The lowest BCUT2D eigenvalue weighted by molar-refractivity contribution is 0.253. The Bertz CT molecular complexity index is 263. The van der Waals surface area contributed by atoms with E-state index >= 15 is 0 Å². The summed E-state index contributed by atoms with van der Waals surface area (Å²) in [4.78, 5) is 5.56. The van der Waals surface area contributed by atoms with E-state index < -0.39 is 0 Å². The van der Waals surface area contributed by atoms with Crippen LogP contribution in [0.2, 0.25) is 0 Å². The van der Waals surface area contributed by atoms with Crippen molar-refractivity contribution < 1.29 is 0 Å². The molecular formula is C8H12N2S. The molecule has 2 nitrogen and oxygen atoms in total. The molecule has 0 radical (unpaired) electrons. The Morgan fingerprint density at radius 1 is 1.64 bits per heavy atom. The number of aromatic nitrogens is 1. The molecule has 11 heavy (non-hydrogen) atoms. The molecule has 2 rings (SSSR count). The molecule has 1 aromatic heterocycles. The van der Waals surface area contributed by atoms with Gasteiger partial charge in [0.25, 0.3) is 0 Å². The van der Waals surface area contributed by atoms with Crippen LogP contribution < -0.4 is 5.73 Å². The first-order valence-corrected chi connectivity index (χ1v) is 4.74. The van der Waals surface area contributed by atoms with Gasteiger partial charge in [0.05, 0.1) is 5.54 Å². The summed E-state index contributed by atoms with van der Waals surface area (Å²) >= 11 is 1.73. The average molecular weight is 168 g/mol. The van der Waals surface area contributed by atoms with Crippen LogP contribution in [0.4, 0.5) is 0 Å². The maximum atomic E-state index is 6.09. The van der Waals surface area contributed by atoms with Crippen LogP contribution in [0.1, 0.15) is 29.1 Å². The van der Waals surface area contributed by atoms with E-state index in [4.69, 9.17) is 5.73 Å². The molecular weight excluding hydrogens is 156 g/mol. The molecule has 1 aliphatic rings. The Hall–Kier alpha value is -0.410. The number of hydrogen-bond acceptors (Lipinski definition) is 3. The maximum Gasteiger partial charge on any atom is 0.113 e. The van der Waals surface area contributed by atoms with Crippen molar-refractivity contribution in [2.45, 2.75) is 31.7 Å². The Kier molecular flexibility index (Phi) is 1.51. The molecule has 1 aliphatic carbocycles. The van der Waals surface area contributed by atoms with Crippen LogP contribution in [-0.4, -0.2) is 4.98 Å². The standard InChI is InChI=1S/C8H12N2S/c1-6-5-10-7(11-6)8(9)3-2-4-8/h5H,2-4,9H2,1H3. The fourth-order valence-corrected chi connectivity index (χ4v) is 2.28. The molecule has 0 amide bonds. The molecule has 2 N–H and O–H groups in total. The van der Waals surface area contributed by atoms with Crippen LogP contribution >= 0.6 is 11.3 Å². The Morgan fingerprint density at radius 3 is 2.73 bits per heavy atom. The topological polar surface area (TPSA) is 38.9 Å². The van der Waals surface area contributed by atoms with Gasteiger partial charge in [0.15, 0.2) is 0 Å². The van der Waals surface area contributed by atoms with Crippen LogP contribution in [0.5, 0.6) is 0 Å². The minimum Gasteiger partial charge on any atom is -0.319 e. The molecule has 3 heteroatoms. The molecule has 1 saturated carbocycles. The first-order chi connectivity index (χ1) is 5.21. The summed E-state index contributed by atoms with van der Waals surface area (Å²) in [7, 11) is 0. The summed E-state index contributed by atoms with van der Waals surface area (Å²) in [6.45, 7) is 2.07. The third-order valence-corrected chi connectivity index (χ3v) is 3.43. The molecule has 0 atom stereocenters. The maximum absolute atomic E-state index is 6.09. The summed E-state index contributed by atoms with van der Waals surface area (Å²) in [5.41, 5.74) is 6.03. The van der Waals surface area contributed by atoms with Crippen molar-refractivity contribution in [3.05, 3.63) is 16.1 Å². The highest BCUT2D eigenvalue weighted by molar-refractivity contribution is 7.11. The number of rotatable bonds is 1. The van der Waals surface area contributed by atoms with Crippen LogP contribution in [0, 0.1) is 6.92 Å². The first kappa shape index (κ1) is 7.25. The quantitative estimate of drug-likeness (QED) is 0.694. The van der Waals surface area contributed by atoms with Gasteiger partial charge in [-0.15, -0.1) is 11.3 Å². The fourth-order valence-electron chi connectivity index (χ4n) is 1.36. The van der Waals surface area contributed by atoms with E-state index in [-0.39, 0.29) is 5.54 Å². The fraction of sp³-hybridized carbons (Fsp3) is 0.625. The molecule has 0 saturated heterocycles. The van der Waals surface area contributed by atoms with Gasteiger partial charge >= 0.3 is 0 Å². The van der Waals surface area contributed by atoms with Crippen molar-refractivity contribution in [3.63, 3.8) is 0 Å². The number of thiazole rings is 1. The van der Waals surface area contributed by atoms with Crippen molar-refractivity contribution in [2.24, 2.45) is 5.73 Å². The predicted molar refractivity (Wildman–Crippen MR) is 46.6 cm³/mol. The van der Waals surface area contributed by atoms with Gasteiger partial charge in [0, 0.05) is 11.1 Å². The summed E-state index contributed by atoms with van der Waals surface area (Å²) in [5.74, 6) is 0. The Morgan fingerprint density at radius 2 is 2.36 bits per heavy atom. The second-order valence-corrected chi connectivity index (χ2v) is 4.52. The molecule has 0 unspecified atom stereocenters.